The molecule has 2 amide bonds. The SMILES string of the molecule is C[C@H]1CNCCN1C(=O)Nc1cccc2ccccc12. The van der Waals surface area contributed by atoms with E-state index in [1.807, 2.05) is 35.2 Å². The first-order valence-electron chi connectivity index (χ1n) is 7.02. The lowest BCUT2D eigenvalue weighted by atomic mass is 10.1. The van der Waals surface area contributed by atoms with E-state index in [1.54, 1.807) is 0 Å². The van der Waals surface area contributed by atoms with Gasteiger partial charge in [-0.15, -0.1) is 0 Å². The van der Waals surface area contributed by atoms with Crippen molar-refractivity contribution in [3.8, 4) is 0 Å². The van der Waals surface area contributed by atoms with Gasteiger partial charge >= 0.3 is 6.03 Å². The zero-order chi connectivity index (χ0) is 13.9. The number of nitrogens with one attached hydrogen (secondary N) is 2. The summed E-state index contributed by atoms with van der Waals surface area (Å²) >= 11 is 0. The maximum atomic E-state index is 12.4. The van der Waals surface area contributed by atoms with E-state index in [0.29, 0.717) is 0 Å². The number of amides is 2. The maximum Gasteiger partial charge on any atom is 0.322 e. The highest BCUT2D eigenvalue weighted by atomic mass is 16.2. The Morgan fingerprint density at radius 1 is 1.25 bits per heavy atom. The average Bonchev–Trinajstić information content (AvgIpc) is 2.48. The second-order valence-corrected chi connectivity index (χ2v) is 5.20. The fourth-order valence-electron chi connectivity index (χ4n) is 2.66. The fourth-order valence-corrected chi connectivity index (χ4v) is 2.66. The van der Waals surface area contributed by atoms with Gasteiger partial charge in [-0.05, 0) is 18.4 Å². The Bertz CT molecular complexity index is 621. The van der Waals surface area contributed by atoms with Crippen molar-refractivity contribution in [2.75, 3.05) is 25.0 Å². The normalized spacial score (nSPS) is 19.1. The largest absolute Gasteiger partial charge is 0.322 e. The molecular formula is C16H19N3O. The number of hydrogen-bond donors (Lipinski definition) is 2. The second kappa shape index (κ2) is 5.51. The molecule has 20 heavy (non-hydrogen) atoms. The fraction of sp³-hybridized carbons (Fsp3) is 0.312. The van der Waals surface area contributed by atoms with Crippen LogP contribution in [0.25, 0.3) is 10.8 Å². The molecule has 0 radical (unpaired) electrons. The van der Waals surface area contributed by atoms with Gasteiger partial charge in [-0.1, -0.05) is 36.4 Å². The summed E-state index contributed by atoms with van der Waals surface area (Å²) in [4.78, 5) is 14.3. The molecule has 2 aromatic rings. The molecule has 3 rings (SSSR count). The molecule has 0 aliphatic carbocycles. The van der Waals surface area contributed by atoms with Gasteiger partial charge in [0, 0.05) is 31.1 Å². The van der Waals surface area contributed by atoms with Crippen molar-refractivity contribution in [2.45, 2.75) is 13.0 Å². The molecule has 1 aliphatic rings. The van der Waals surface area contributed by atoms with E-state index in [-0.39, 0.29) is 12.1 Å². The topological polar surface area (TPSA) is 44.4 Å². The van der Waals surface area contributed by atoms with Crippen LogP contribution >= 0.6 is 0 Å². The summed E-state index contributed by atoms with van der Waals surface area (Å²) in [6.07, 6.45) is 0. The molecule has 0 saturated carbocycles. The van der Waals surface area contributed by atoms with Crippen molar-refractivity contribution in [3.63, 3.8) is 0 Å². The summed E-state index contributed by atoms with van der Waals surface area (Å²) in [6, 6.07) is 14.3. The minimum absolute atomic E-state index is 0.0182. The first-order chi connectivity index (χ1) is 9.75. The molecule has 0 unspecified atom stereocenters. The average molecular weight is 269 g/mol. The van der Waals surface area contributed by atoms with Gasteiger partial charge in [-0.3, -0.25) is 0 Å². The highest BCUT2D eigenvalue weighted by molar-refractivity contribution is 6.01. The molecule has 4 heteroatoms. The van der Waals surface area contributed by atoms with Crippen LogP contribution in [0.3, 0.4) is 0 Å². The lowest BCUT2D eigenvalue weighted by molar-refractivity contribution is 0.177. The van der Waals surface area contributed by atoms with E-state index in [9.17, 15) is 4.79 Å². The van der Waals surface area contributed by atoms with Gasteiger partial charge in [0.15, 0.2) is 0 Å². The van der Waals surface area contributed by atoms with Crippen molar-refractivity contribution in [2.24, 2.45) is 0 Å². The van der Waals surface area contributed by atoms with Crippen molar-refractivity contribution >= 4 is 22.5 Å². The van der Waals surface area contributed by atoms with Gasteiger partial charge in [-0.25, -0.2) is 4.79 Å². The number of urea groups is 1. The van der Waals surface area contributed by atoms with Crippen LogP contribution in [0.1, 0.15) is 6.92 Å². The van der Waals surface area contributed by atoms with Gasteiger partial charge in [-0.2, -0.15) is 0 Å². The van der Waals surface area contributed by atoms with E-state index < -0.39 is 0 Å². The summed E-state index contributed by atoms with van der Waals surface area (Å²) in [5.41, 5.74) is 0.874. The Morgan fingerprint density at radius 2 is 2.05 bits per heavy atom. The second-order valence-electron chi connectivity index (χ2n) is 5.20. The number of fused-ring (bicyclic) bond motifs is 1. The number of carbonyl (C=O) groups excluding carboxylic acids is 1. The van der Waals surface area contributed by atoms with Crippen LogP contribution in [0.2, 0.25) is 0 Å². The third-order valence-corrected chi connectivity index (χ3v) is 3.79. The van der Waals surface area contributed by atoms with Gasteiger partial charge in [0.2, 0.25) is 0 Å². The van der Waals surface area contributed by atoms with E-state index in [1.165, 1.54) is 0 Å². The van der Waals surface area contributed by atoms with Gasteiger partial charge < -0.3 is 15.5 Å². The van der Waals surface area contributed by atoms with Gasteiger partial charge in [0.05, 0.1) is 5.69 Å². The minimum atomic E-state index is -0.0182. The highest BCUT2D eigenvalue weighted by Gasteiger charge is 2.23. The summed E-state index contributed by atoms with van der Waals surface area (Å²) in [7, 11) is 0. The van der Waals surface area contributed by atoms with Crippen molar-refractivity contribution < 1.29 is 4.79 Å². The van der Waals surface area contributed by atoms with Crippen LogP contribution in [-0.4, -0.2) is 36.6 Å². The van der Waals surface area contributed by atoms with E-state index >= 15 is 0 Å². The number of nitrogens with zero attached hydrogens (tertiary/aromatic N) is 1. The molecule has 0 spiro atoms. The molecule has 1 heterocycles. The summed E-state index contributed by atoms with van der Waals surface area (Å²) in [5, 5.41) is 8.55. The molecule has 2 aromatic carbocycles. The Balaban J connectivity index is 1.84. The molecule has 1 saturated heterocycles. The smallest absolute Gasteiger partial charge is 0.319 e. The molecule has 1 fully saturated rings. The van der Waals surface area contributed by atoms with E-state index in [4.69, 9.17) is 0 Å². The zero-order valence-electron chi connectivity index (χ0n) is 11.6. The van der Waals surface area contributed by atoms with Crippen LogP contribution in [0, 0.1) is 0 Å². The number of piperazine rings is 1. The highest BCUT2D eigenvalue weighted by Crippen LogP contribution is 2.23. The standard InChI is InChI=1S/C16H19N3O/c1-12-11-17-9-10-19(12)16(20)18-15-8-4-6-13-5-2-3-7-14(13)15/h2-8,12,17H,9-11H2,1H3,(H,18,20)/t12-/m0/s1. The van der Waals surface area contributed by atoms with Gasteiger partial charge in [0.1, 0.15) is 0 Å². The lowest BCUT2D eigenvalue weighted by Crippen LogP contribution is -2.53. The molecular weight excluding hydrogens is 250 g/mol. The van der Waals surface area contributed by atoms with Crippen LogP contribution in [0.15, 0.2) is 42.5 Å². The first-order valence-corrected chi connectivity index (χ1v) is 7.02. The van der Waals surface area contributed by atoms with E-state index in [0.717, 1.165) is 36.1 Å². The number of hydrogen-bond acceptors (Lipinski definition) is 2. The van der Waals surface area contributed by atoms with Crippen molar-refractivity contribution in [3.05, 3.63) is 42.5 Å². The molecule has 0 bridgehead atoms. The third kappa shape index (κ3) is 2.47. The first kappa shape index (κ1) is 12.9. The van der Waals surface area contributed by atoms with Crippen molar-refractivity contribution in [1.29, 1.82) is 0 Å². The number of carbonyl (C=O) groups is 1. The molecule has 4 nitrogen and oxygen atoms in total. The van der Waals surface area contributed by atoms with Crippen LogP contribution in [0.4, 0.5) is 10.5 Å². The molecule has 0 aromatic heterocycles. The van der Waals surface area contributed by atoms with Crippen LogP contribution in [0.5, 0.6) is 0 Å². The third-order valence-electron chi connectivity index (χ3n) is 3.79. The molecule has 104 valence electrons. The lowest BCUT2D eigenvalue weighted by Gasteiger charge is -2.34. The minimum Gasteiger partial charge on any atom is -0.319 e. The predicted octanol–water partition coefficient (Wildman–Crippen LogP) is 2.67. The summed E-state index contributed by atoms with van der Waals surface area (Å²) in [5.74, 6) is 0. The predicted molar refractivity (Wildman–Crippen MR) is 82.0 cm³/mol. The molecule has 1 atom stereocenters. The Kier molecular flexibility index (Phi) is 3.56. The molecule has 1 aliphatic heterocycles. The Morgan fingerprint density at radius 3 is 2.90 bits per heavy atom. The monoisotopic (exact) mass is 269 g/mol. The van der Waals surface area contributed by atoms with Gasteiger partial charge in [0.25, 0.3) is 0 Å². The Labute approximate surface area is 118 Å². The van der Waals surface area contributed by atoms with E-state index in [2.05, 4.69) is 29.7 Å². The Hall–Kier alpha value is -2.07. The number of rotatable bonds is 1. The number of benzene rings is 2. The van der Waals surface area contributed by atoms with Crippen LogP contribution < -0.4 is 10.6 Å². The summed E-state index contributed by atoms with van der Waals surface area (Å²) in [6.45, 7) is 4.52. The zero-order valence-corrected chi connectivity index (χ0v) is 11.6. The quantitative estimate of drug-likeness (QED) is 0.836. The molecule has 2 N–H and O–H groups in total. The van der Waals surface area contributed by atoms with Crippen molar-refractivity contribution in [1.82, 2.24) is 10.2 Å². The van der Waals surface area contributed by atoms with Crippen LogP contribution in [-0.2, 0) is 0 Å². The number of anilines is 1. The maximum absolute atomic E-state index is 12.4. The summed E-state index contributed by atoms with van der Waals surface area (Å²) < 4.78 is 0.